The summed E-state index contributed by atoms with van der Waals surface area (Å²) in [5.74, 6) is 1.01. The number of rotatable bonds is 1. The van der Waals surface area contributed by atoms with Gasteiger partial charge < -0.3 is 10.2 Å². The van der Waals surface area contributed by atoms with Gasteiger partial charge in [-0.3, -0.25) is 0 Å². The van der Waals surface area contributed by atoms with Gasteiger partial charge >= 0.3 is 0 Å². The van der Waals surface area contributed by atoms with E-state index >= 15 is 0 Å². The van der Waals surface area contributed by atoms with Crippen LogP contribution in [0, 0.1) is 11.3 Å². The van der Waals surface area contributed by atoms with Crippen molar-refractivity contribution in [1.82, 2.24) is 10.2 Å². The first-order valence-corrected chi connectivity index (χ1v) is 5.20. The molecular weight excluding hydrogens is 148 g/mol. The largest absolute Gasteiger partial charge is 0.313 e. The summed E-state index contributed by atoms with van der Waals surface area (Å²) in [5, 5.41) is 3.61. The molecule has 0 aromatic rings. The number of hydrogen-bond donors (Lipinski definition) is 1. The van der Waals surface area contributed by atoms with Gasteiger partial charge in [-0.25, -0.2) is 0 Å². The van der Waals surface area contributed by atoms with Gasteiger partial charge in [0, 0.05) is 19.1 Å². The molecule has 0 aromatic carbocycles. The lowest BCUT2D eigenvalue weighted by atomic mass is 9.62. The second kappa shape index (κ2) is 2.24. The minimum Gasteiger partial charge on any atom is -0.313 e. The number of likely N-dealkylation sites (tertiary alicyclic amines) is 1. The molecule has 3 heterocycles. The van der Waals surface area contributed by atoms with Gasteiger partial charge in [0.25, 0.3) is 0 Å². The van der Waals surface area contributed by atoms with E-state index in [1.165, 1.54) is 38.9 Å². The second-order valence-corrected chi connectivity index (χ2v) is 5.10. The Balaban J connectivity index is 1.73. The van der Waals surface area contributed by atoms with Crippen LogP contribution in [0.1, 0.15) is 19.3 Å². The highest BCUT2D eigenvalue weighted by Gasteiger charge is 2.55. The van der Waals surface area contributed by atoms with Crippen LogP contribution in [0.2, 0.25) is 0 Å². The summed E-state index contributed by atoms with van der Waals surface area (Å²) in [4.78, 5) is 2.49. The lowest BCUT2D eigenvalue weighted by Crippen LogP contribution is -2.41. The Morgan fingerprint density at radius 1 is 1.42 bits per heavy atom. The van der Waals surface area contributed by atoms with Crippen molar-refractivity contribution < 1.29 is 0 Å². The molecule has 4 fully saturated rings. The molecule has 1 aliphatic carbocycles. The normalized spacial score (nSPS) is 52.8. The summed E-state index contributed by atoms with van der Waals surface area (Å²) < 4.78 is 0. The number of nitrogens with zero attached hydrogens (tertiary/aromatic N) is 1. The Kier molecular flexibility index (Phi) is 1.37. The molecule has 12 heavy (non-hydrogen) atoms. The third-order valence-electron chi connectivity index (χ3n) is 4.31. The molecule has 0 amide bonds. The Labute approximate surface area is 74.3 Å². The first-order valence-electron chi connectivity index (χ1n) is 5.20. The van der Waals surface area contributed by atoms with E-state index in [4.69, 9.17) is 0 Å². The van der Waals surface area contributed by atoms with Crippen molar-refractivity contribution in [3.05, 3.63) is 0 Å². The minimum atomic E-state index is 0.745. The first-order chi connectivity index (χ1) is 5.78. The predicted molar refractivity (Wildman–Crippen MR) is 49.1 cm³/mol. The third kappa shape index (κ3) is 0.826. The zero-order chi connectivity index (χ0) is 8.18. The average Bonchev–Trinajstić information content (AvgIpc) is 2.55. The zero-order valence-electron chi connectivity index (χ0n) is 7.84. The number of hydrogen-bond acceptors (Lipinski definition) is 2. The van der Waals surface area contributed by atoms with Crippen molar-refractivity contribution in [3.63, 3.8) is 0 Å². The Bertz CT molecular complexity index is 191. The van der Waals surface area contributed by atoms with E-state index in [1.54, 1.807) is 0 Å². The van der Waals surface area contributed by atoms with Crippen LogP contribution in [0.5, 0.6) is 0 Å². The molecule has 0 aromatic heterocycles. The minimum absolute atomic E-state index is 0.745. The molecule has 3 aliphatic heterocycles. The smallest absolute Gasteiger partial charge is 0.00790 e. The van der Waals surface area contributed by atoms with Crippen molar-refractivity contribution in [2.75, 3.05) is 26.7 Å². The van der Waals surface area contributed by atoms with E-state index < -0.39 is 0 Å². The van der Waals surface area contributed by atoms with E-state index in [0.29, 0.717) is 0 Å². The van der Waals surface area contributed by atoms with Crippen molar-refractivity contribution in [1.29, 1.82) is 0 Å². The lowest BCUT2D eigenvalue weighted by Gasteiger charge is -2.42. The fourth-order valence-electron chi connectivity index (χ4n) is 3.47. The fraction of sp³-hybridized carbons (Fsp3) is 1.00. The number of nitrogens with one attached hydrogen (secondary N) is 1. The van der Waals surface area contributed by atoms with Crippen molar-refractivity contribution in [2.24, 2.45) is 11.3 Å². The molecular formula is C10H18N2. The summed E-state index contributed by atoms with van der Waals surface area (Å²) >= 11 is 0. The van der Waals surface area contributed by atoms with Crippen LogP contribution in [0.4, 0.5) is 0 Å². The quantitative estimate of drug-likeness (QED) is 0.616. The molecule has 2 nitrogen and oxygen atoms in total. The van der Waals surface area contributed by atoms with Gasteiger partial charge in [0.1, 0.15) is 0 Å². The van der Waals surface area contributed by atoms with Crippen LogP contribution in [0.25, 0.3) is 0 Å². The molecule has 4 aliphatic rings. The van der Waals surface area contributed by atoms with Crippen LogP contribution >= 0.6 is 0 Å². The standard InChI is InChI=1S/C10H18N2/c1-12-3-2-8(6-12)10-4-9(5-10)11-7-10/h8-9,11H,2-7H2,1H3. The Hall–Kier alpha value is -0.0800. The lowest BCUT2D eigenvalue weighted by molar-refractivity contribution is 0.107. The molecule has 68 valence electrons. The Morgan fingerprint density at radius 3 is 2.75 bits per heavy atom. The zero-order valence-corrected chi connectivity index (χ0v) is 7.84. The van der Waals surface area contributed by atoms with Gasteiger partial charge in [-0.2, -0.15) is 0 Å². The summed E-state index contributed by atoms with van der Waals surface area (Å²) in [6.45, 7) is 4.00. The fourth-order valence-corrected chi connectivity index (χ4v) is 3.47. The van der Waals surface area contributed by atoms with Gasteiger partial charge in [-0.05, 0) is 44.2 Å². The van der Waals surface area contributed by atoms with Crippen LogP contribution in [-0.2, 0) is 0 Å². The summed E-state index contributed by atoms with van der Waals surface area (Å²) in [7, 11) is 2.26. The van der Waals surface area contributed by atoms with E-state index in [0.717, 1.165) is 17.4 Å². The average molecular weight is 166 g/mol. The van der Waals surface area contributed by atoms with Gasteiger partial charge in [0.2, 0.25) is 0 Å². The SMILES string of the molecule is CN1CCC(C23CNC(C2)C3)C1. The topological polar surface area (TPSA) is 15.3 Å². The maximum atomic E-state index is 3.61. The van der Waals surface area contributed by atoms with Crippen LogP contribution in [0.3, 0.4) is 0 Å². The highest BCUT2D eigenvalue weighted by Crippen LogP contribution is 2.53. The number of fused-ring (bicyclic) bond motifs is 1. The van der Waals surface area contributed by atoms with Gasteiger partial charge in [0.05, 0.1) is 0 Å². The van der Waals surface area contributed by atoms with E-state index in [2.05, 4.69) is 17.3 Å². The first kappa shape index (κ1) is 7.34. The maximum absolute atomic E-state index is 3.61. The van der Waals surface area contributed by atoms with Crippen LogP contribution in [0.15, 0.2) is 0 Å². The van der Waals surface area contributed by atoms with Gasteiger partial charge in [0.15, 0.2) is 0 Å². The molecule has 1 N–H and O–H groups in total. The monoisotopic (exact) mass is 166 g/mol. The molecule has 3 saturated heterocycles. The molecule has 4 rings (SSSR count). The summed E-state index contributed by atoms with van der Waals surface area (Å²) in [6.07, 6.45) is 4.40. The predicted octanol–water partition coefficient (Wildman–Crippen LogP) is 0.690. The second-order valence-electron chi connectivity index (χ2n) is 5.10. The third-order valence-corrected chi connectivity index (χ3v) is 4.31. The molecule has 1 atom stereocenters. The van der Waals surface area contributed by atoms with Gasteiger partial charge in [-0.15, -0.1) is 0 Å². The van der Waals surface area contributed by atoms with Gasteiger partial charge in [-0.1, -0.05) is 0 Å². The van der Waals surface area contributed by atoms with Crippen LogP contribution in [-0.4, -0.2) is 37.6 Å². The molecule has 2 bridgehead atoms. The highest BCUT2D eigenvalue weighted by molar-refractivity contribution is 5.10. The molecule has 2 heteroatoms. The molecule has 0 radical (unpaired) electrons. The maximum Gasteiger partial charge on any atom is 0.00790 e. The summed E-state index contributed by atoms with van der Waals surface area (Å²) in [6, 6.07) is 0.899. The van der Waals surface area contributed by atoms with Crippen LogP contribution < -0.4 is 5.32 Å². The molecule has 1 saturated carbocycles. The highest BCUT2D eigenvalue weighted by atomic mass is 15.1. The van der Waals surface area contributed by atoms with Crippen molar-refractivity contribution in [3.8, 4) is 0 Å². The van der Waals surface area contributed by atoms with E-state index in [9.17, 15) is 0 Å². The van der Waals surface area contributed by atoms with E-state index in [1.807, 2.05) is 0 Å². The molecule has 0 spiro atoms. The Morgan fingerprint density at radius 2 is 2.25 bits per heavy atom. The van der Waals surface area contributed by atoms with Crippen molar-refractivity contribution >= 4 is 0 Å². The van der Waals surface area contributed by atoms with Crippen molar-refractivity contribution in [2.45, 2.75) is 25.3 Å². The summed E-state index contributed by atoms with van der Waals surface area (Å²) in [5.41, 5.74) is 0.745. The molecule has 1 unspecified atom stereocenters. The van der Waals surface area contributed by atoms with E-state index in [-0.39, 0.29) is 0 Å².